The van der Waals surface area contributed by atoms with Gasteiger partial charge < -0.3 is 19.7 Å². The molecule has 32 heavy (non-hydrogen) atoms. The summed E-state index contributed by atoms with van der Waals surface area (Å²) < 4.78 is 2.20. The number of benzene rings is 2. The van der Waals surface area contributed by atoms with Crippen molar-refractivity contribution in [3.05, 3.63) is 59.9 Å². The van der Waals surface area contributed by atoms with Crippen molar-refractivity contribution in [3.63, 3.8) is 0 Å². The molecule has 1 aromatic heterocycles. The molecule has 1 saturated heterocycles. The second kappa shape index (κ2) is 9.40. The van der Waals surface area contributed by atoms with Gasteiger partial charge in [0.15, 0.2) is 0 Å². The van der Waals surface area contributed by atoms with Crippen molar-refractivity contribution in [2.24, 2.45) is 0 Å². The Hall–Kier alpha value is -3.39. The number of fused-ring (bicyclic) bond motifs is 1. The molecule has 2 heterocycles. The second-order valence-corrected chi connectivity index (χ2v) is 8.23. The molecule has 0 saturated carbocycles. The summed E-state index contributed by atoms with van der Waals surface area (Å²) >= 11 is 0. The first-order valence-corrected chi connectivity index (χ1v) is 11.0. The third kappa shape index (κ3) is 4.60. The Morgan fingerprint density at radius 2 is 1.75 bits per heavy atom. The Balaban J connectivity index is 1.41. The zero-order valence-corrected chi connectivity index (χ0v) is 18.9. The lowest BCUT2D eigenvalue weighted by atomic mass is 10.2. The molecule has 3 amide bonds. The molecular formula is C24H30N6O2. The van der Waals surface area contributed by atoms with E-state index in [2.05, 4.69) is 21.7 Å². The summed E-state index contributed by atoms with van der Waals surface area (Å²) in [5, 5.41) is 2.96. The molecule has 0 spiro atoms. The summed E-state index contributed by atoms with van der Waals surface area (Å²) in [6, 6.07) is 15.2. The molecule has 4 rings (SSSR count). The summed E-state index contributed by atoms with van der Waals surface area (Å²) in [6.45, 7) is 6.56. The molecule has 2 aromatic carbocycles. The van der Waals surface area contributed by atoms with Crippen molar-refractivity contribution in [2.75, 3.05) is 45.6 Å². The molecule has 3 aromatic rings. The van der Waals surface area contributed by atoms with Crippen molar-refractivity contribution >= 4 is 28.7 Å². The summed E-state index contributed by atoms with van der Waals surface area (Å²) in [7, 11) is 3.50. The molecule has 168 valence electrons. The molecule has 0 atom stereocenters. The van der Waals surface area contributed by atoms with Gasteiger partial charge in [0.2, 0.25) is 0 Å². The lowest BCUT2D eigenvalue weighted by Crippen LogP contribution is -2.49. The number of aromatic nitrogens is 2. The number of para-hydroxylation sites is 1. The number of hydrogen-bond donors (Lipinski definition) is 1. The van der Waals surface area contributed by atoms with Gasteiger partial charge in [-0.15, -0.1) is 0 Å². The van der Waals surface area contributed by atoms with E-state index in [1.54, 1.807) is 19.0 Å². The van der Waals surface area contributed by atoms with Crippen molar-refractivity contribution in [1.29, 1.82) is 0 Å². The first-order valence-electron chi connectivity index (χ1n) is 11.0. The number of carbonyl (C=O) groups is 2. The fourth-order valence-electron chi connectivity index (χ4n) is 4.08. The van der Waals surface area contributed by atoms with E-state index >= 15 is 0 Å². The Kier molecular flexibility index (Phi) is 6.41. The van der Waals surface area contributed by atoms with Gasteiger partial charge >= 0.3 is 6.03 Å². The Bertz CT molecular complexity index is 1100. The highest BCUT2D eigenvalue weighted by Crippen LogP contribution is 2.20. The van der Waals surface area contributed by atoms with Crippen molar-refractivity contribution in [3.8, 4) is 0 Å². The largest absolute Gasteiger partial charge is 0.345 e. The predicted molar refractivity (Wildman–Crippen MR) is 126 cm³/mol. The molecule has 1 fully saturated rings. The molecule has 1 aliphatic rings. The Labute approximate surface area is 188 Å². The van der Waals surface area contributed by atoms with Crippen LogP contribution in [-0.4, -0.2) is 76.5 Å². The van der Waals surface area contributed by atoms with Crippen LogP contribution in [0.15, 0.2) is 48.5 Å². The Morgan fingerprint density at radius 1 is 1.03 bits per heavy atom. The maximum Gasteiger partial charge on any atom is 0.321 e. The van der Waals surface area contributed by atoms with Gasteiger partial charge in [0.05, 0.1) is 17.6 Å². The molecule has 0 aliphatic carbocycles. The number of imidazole rings is 1. The first-order chi connectivity index (χ1) is 15.5. The molecule has 8 nitrogen and oxygen atoms in total. The number of nitrogens with one attached hydrogen (secondary N) is 1. The topological polar surface area (TPSA) is 73.7 Å². The van der Waals surface area contributed by atoms with Crippen LogP contribution in [0.4, 0.5) is 10.5 Å². The van der Waals surface area contributed by atoms with Crippen LogP contribution in [0.25, 0.3) is 11.0 Å². The van der Waals surface area contributed by atoms with Crippen molar-refractivity contribution in [1.82, 2.24) is 24.3 Å². The maximum atomic E-state index is 12.5. The van der Waals surface area contributed by atoms with E-state index in [4.69, 9.17) is 4.98 Å². The highest BCUT2D eigenvalue weighted by Gasteiger charge is 2.23. The van der Waals surface area contributed by atoms with E-state index in [9.17, 15) is 9.59 Å². The quantitative estimate of drug-likeness (QED) is 0.670. The number of urea groups is 1. The first kappa shape index (κ1) is 21.8. The monoisotopic (exact) mass is 434 g/mol. The number of piperazine rings is 1. The van der Waals surface area contributed by atoms with Crippen LogP contribution in [0.2, 0.25) is 0 Å². The molecule has 0 unspecified atom stereocenters. The van der Waals surface area contributed by atoms with Gasteiger partial charge in [-0.3, -0.25) is 9.69 Å². The summed E-state index contributed by atoms with van der Waals surface area (Å²) in [4.78, 5) is 35.4. The van der Waals surface area contributed by atoms with Crippen LogP contribution >= 0.6 is 0 Å². The van der Waals surface area contributed by atoms with Gasteiger partial charge in [0, 0.05) is 58.1 Å². The maximum absolute atomic E-state index is 12.5. The smallest absolute Gasteiger partial charge is 0.321 e. The fourth-order valence-corrected chi connectivity index (χ4v) is 4.08. The molecule has 1 N–H and O–H groups in total. The van der Waals surface area contributed by atoms with Crippen molar-refractivity contribution < 1.29 is 9.59 Å². The number of amides is 3. The summed E-state index contributed by atoms with van der Waals surface area (Å²) in [6.07, 6.45) is 0. The van der Waals surface area contributed by atoms with E-state index in [0.29, 0.717) is 25.2 Å². The predicted octanol–water partition coefficient (Wildman–Crippen LogP) is 3.11. The van der Waals surface area contributed by atoms with Gasteiger partial charge in [-0.25, -0.2) is 9.78 Å². The summed E-state index contributed by atoms with van der Waals surface area (Å²) in [5.74, 6) is 0.962. The van der Waals surface area contributed by atoms with E-state index in [1.165, 1.54) is 0 Å². The standard InChI is InChI=1S/C24H30N6O2/c1-4-30-21-11-10-18(23(31)27(2)3)16-20(21)26-22(30)17-28-12-14-29(15-13-28)24(32)25-19-8-6-5-7-9-19/h5-11,16H,4,12-15,17H2,1-3H3,(H,25,32). The second-order valence-electron chi connectivity index (χ2n) is 8.23. The fraction of sp³-hybridized carbons (Fsp3) is 0.375. The van der Waals surface area contributed by atoms with Gasteiger partial charge in [0.1, 0.15) is 5.82 Å². The van der Waals surface area contributed by atoms with Crippen LogP contribution in [0, 0.1) is 0 Å². The van der Waals surface area contributed by atoms with Gasteiger partial charge in [-0.2, -0.15) is 0 Å². The highest BCUT2D eigenvalue weighted by atomic mass is 16.2. The van der Waals surface area contributed by atoms with Crippen LogP contribution < -0.4 is 5.32 Å². The van der Waals surface area contributed by atoms with E-state index in [-0.39, 0.29) is 11.9 Å². The normalized spacial score (nSPS) is 14.5. The Morgan fingerprint density at radius 3 is 2.41 bits per heavy atom. The van der Waals surface area contributed by atoms with Gasteiger partial charge in [-0.05, 0) is 37.3 Å². The molecule has 0 bridgehead atoms. The molecular weight excluding hydrogens is 404 g/mol. The average molecular weight is 435 g/mol. The number of hydrogen-bond acceptors (Lipinski definition) is 4. The minimum atomic E-state index is -0.0604. The van der Waals surface area contributed by atoms with Gasteiger partial charge in [0.25, 0.3) is 5.91 Å². The van der Waals surface area contributed by atoms with Crippen LogP contribution in [-0.2, 0) is 13.1 Å². The van der Waals surface area contributed by atoms with Gasteiger partial charge in [-0.1, -0.05) is 18.2 Å². The summed E-state index contributed by atoms with van der Waals surface area (Å²) in [5.41, 5.74) is 3.34. The van der Waals surface area contributed by atoms with E-state index in [0.717, 1.165) is 42.2 Å². The zero-order chi connectivity index (χ0) is 22.7. The van der Waals surface area contributed by atoms with Crippen LogP contribution in [0.5, 0.6) is 0 Å². The van der Waals surface area contributed by atoms with Crippen LogP contribution in [0.3, 0.4) is 0 Å². The third-order valence-electron chi connectivity index (χ3n) is 5.85. The number of carbonyl (C=O) groups excluding carboxylic acids is 2. The third-order valence-corrected chi connectivity index (χ3v) is 5.85. The van der Waals surface area contributed by atoms with E-state index < -0.39 is 0 Å². The number of anilines is 1. The SMILES string of the molecule is CCn1c(CN2CCN(C(=O)Nc3ccccc3)CC2)nc2cc(C(=O)N(C)C)ccc21. The lowest BCUT2D eigenvalue weighted by molar-refractivity contribution is 0.0827. The minimum absolute atomic E-state index is 0.0237. The van der Waals surface area contributed by atoms with E-state index in [1.807, 2.05) is 53.4 Å². The molecule has 8 heteroatoms. The number of aryl methyl sites for hydroxylation is 1. The average Bonchev–Trinajstić information content (AvgIpc) is 3.15. The lowest BCUT2D eigenvalue weighted by Gasteiger charge is -2.34. The highest BCUT2D eigenvalue weighted by molar-refractivity contribution is 5.97. The molecule has 1 aliphatic heterocycles. The van der Waals surface area contributed by atoms with Crippen LogP contribution in [0.1, 0.15) is 23.1 Å². The minimum Gasteiger partial charge on any atom is -0.345 e. The van der Waals surface area contributed by atoms with Crippen molar-refractivity contribution in [2.45, 2.75) is 20.0 Å². The number of nitrogens with zero attached hydrogens (tertiary/aromatic N) is 5. The zero-order valence-electron chi connectivity index (χ0n) is 18.9. The number of rotatable bonds is 5. The molecule has 0 radical (unpaired) electrons.